The Balaban J connectivity index is 1.97. The number of nitrogens with zero attached hydrogens (tertiary/aromatic N) is 2. The normalized spacial score (nSPS) is 13.7. The van der Waals surface area contributed by atoms with E-state index in [2.05, 4.69) is 54.9 Å². The fourth-order valence-electron chi connectivity index (χ4n) is 3.76. The van der Waals surface area contributed by atoms with Crippen LogP contribution in [0.3, 0.4) is 0 Å². The van der Waals surface area contributed by atoms with Gasteiger partial charge in [0.2, 0.25) is 5.88 Å². The molecule has 1 aliphatic heterocycles. The molecular formula is C25H38N2O2. The van der Waals surface area contributed by atoms with Crippen molar-refractivity contribution in [1.29, 1.82) is 0 Å². The minimum Gasteiger partial charge on any atom is -0.406 e. The third kappa shape index (κ3) is 8.04. The Hall–Kier alpha value is -2.10. The van der Waals surface area contributed by atoms with Crippen molar-refractivity contribution in [3.63, 3.8) is 0 Å². The highest BCUT2D eigenvalue weighted by Gasteiger charge is 2.21. The minimum atomic E-state index is -0.153. The lowest BCUT2D eigenvalue weighted by Gasteiger charge is -2.23. The van der Waals surface area contributed by atoms with Crippen LogP contribution in [-0.2, 0) is 16.0 Å². The van der Waals surface area contributed by atoms with Crippen molar-refractivity contribution in [3.05, 3.63) is 41.9 Å². The van der Waals surface area contributed by atoms with Gasteiger partial charge in [-0.25, -0.2) is 4.99 Å². The predicted octanol–water partition coefficient (Wildman–Crippen LogP) is 6.65. The van der Waals surface area contributed by atoms with Crippen LogP contribution in [0.15, 0.2) is 41.3 Å². The third-order valence-electron chi connectivity index (χ3n) is 5.39. The van der Waals surface area contributed by atoms with E-state index in [1.54, 1.807) is 0 Å². The highest BCUT2D eigenvalue weighted by Crippen LogP contribution is 2.23. The topological polar surface area (TPSA) is 41.9 Å². The number of carbonyl (C=O) groups is 1. The highest BCUT2D eigenvalue weighted by atomic mass is 16.5. The molecular weight excluding hydrogens is 360 g/mol. The number of aryl methyl sites for hydroxylation is 1. The first kappa shape index (κ1) is 23.2. The van der Waals surface area contributed by atoms with Gasteiger partial charge in [-0.3, -0.25) is 4.79 Å². The van der Waals surface area contributed by atoms with Crippen molar-refractivity contribution in [2.24, 2.45) is 10.9 Å². The van der Waals surface area contributed by atoms with Crippen molar-refractivity contribution < 1.29 is 9.53 Å². The summed E-state index contributed by atoms with van der Waals surface area (Å²) in [7, 11) is 0. The molecule has 29 heavy (non-hydrogen) atoms. The average Bonchev–Trinajstić information content (AvgIpc) is 2.74. The zero-order valence-corrected chi connectivity index (χ0v) is 18.5. The van der Waals surface area contributed by atoms with Crippen LogP contribution in [0.25, 0.3) is 0 Å². The summed E-state index contributed by atoms with van der Waals surface area (Å²) < 4.78 is 5.63. The summed E-state index contributed by atoms with van der Waals surface area (Å²) >= 11 is 0. The molecule has 1 aromatic rings. The summed E-state index contributed by atoms with van der Waals surface area (Å²) in [6, 6.07) is 8.66. The monoisotopic (exact) mass is 398 g/mol. The smallest absolute Gasteiger partial charge is 0.315 e. The summed E-state index contributed by atoms with van der Waals surface area (Å²) in [6.45, 7) is 7.14. The van der Waals surface area contributed by atoms with Crippen LogP contribution in [-0.4, -0.2) is 18.7 Å². The van der Waals surface area contributed by atoms with E-state index < -0.39 is 0 Å². The summed E-state index contributed by atoms with van der Waals surface area (Å²) in [5.74, 6) is 0.204. The number of benzene rings is 1. The Bertz CT molecular complexity index is 675. The van der Waals surface area contributed by atoms with Gasteiger partial charge in [-0.1, -0.05) is 71.4 Å². The Morgan fingerprint density at radius 2 is 1.83 bits per heavy atom. The Morgan fingerprint density at radius 1 is 1.07 bits per heavy atom. The van der Waals surface area contributed by atoms with Gasteiger partial charge in [0.25, 0.3) is 0 Å². The van der Waals surface area contributed by atoms with E-state index in [1.807, 2.05) is 12.4 Å². The molecule has 1 aliphatic rings. The maximum atomic E-state index is 12.5. The van der Waals surface area contributed by atoms with Crippen LogP contribution in [0.2, 0.25) is 0 Å². The average molecular weight is 399 g/mol. The van der Waals surface area contributed by atoms with E-state index in [-0.39, 0.29) is 11.9 Å². The van der Waals surface area contributed by atoms with Crippen LogP contribution < -0.4 is 4.90 Å². The molecule has 0 spiro atoms. The van der Waals surface area contributed by atoms with Crippen molar-refractivity contribution in [2.45, 2.75) is 85.0 Å². The zero-order valence-electron chi connectivity index (χ0n) is 18.5. The molecule has 0 fully saturated rings. The van der Waals surface area contributed by atoms with Gasteiger partial charge < -0.3 is 9.64 Å². The van der Waals surface area contributed by atoms with E-state index in [9.17, 15) is 4.79 Å². The molecule has 0 N–H and O–H groups in total. The molecule has 0 saturated heterocycles. The molecule has 160 valence electrons. The molecule has 0 atom stereocenters. The van der Waals surface area contributed by atoms with Crippen LogP contribution in [0.5, 0.6) is 0 Å². The van der Waals surface area contributed by atoms with Crippen molar-refractivity contribution in [2.75, 3.05) is 11.4 Å². The maximum absolute atomic E-state index is 12.5. The zero-order chi connectivity index (χ0) is 20.9. The van der Waals surface area contributed by atoms with Crippen molar-refractivity contribution >= 4 is 17.9 Å². The first-order chi connectivity index (χ1) is 14.2. The number of unbranched alkanes of at least 4 members (excludes halogenated alkanes) is 4. The van der Waals surface area contributed by atoms with Crippen LogP contribution >= 0.6 is 0 Å². The fourth-order valence-corrected chi connectivity index (χ4v) is 3.76. The summed E-state index contributed by atoms with van der Waals surface area (Å²) in [4.78, 5) is 18.9. The lowest BCUT2D eigenvalue weighted by molar-refractivity contribution is -0.144. The number of hydrogen-bond acceptors (Lipinski definition) is 4. The molecule has 0 saturated carbocycles. The predicted molar refractivity (Wildman–Crippen MR) is 122 cm³/mol. The van der Waals surface area contributed by atoms with Crippen molar-refractivity contribution in [3.8, 4) is 0 Å². The number of anilines is 1. The number of aliphatic imine (C=N–C) groups is 1. The molecule has 0 aromatic heterocycles. The molecule has 4 nitrogen and oxygen atoms in total. The lowest BCUT2D eigenvalue weighted by Crippen LogP contribution is -2.25. The molecule has 1 heterocycles. The van der Waals surface area contributed by atoms with Gasteiger partial charge in [0.05, 0.1) is 18.7 Å². The Labute approximate surface area is 177 Å². The second kappa shape index (κ2) is 13.2. The molecule has 0 bridgehead atoms. The van der Waals surface area contributed by atoms with Gasteiger partial charge in [0.1, 0.15) is 0 Å². The number of esters is 1. The van der Waals surface area contributed by atoms with E-state index in [4.69, 9.17) is 4.74 Å². The molecule has 0 unspecified atom stereocenters. The highest BCUT2D eigenvalue weighted by molar-refractivity contribution is 5.75. The summed E-state index contributed by atoms with van der Waals surface area (Å²) in [5, 5.41) is 0. The van der Waals surface area contributed by atoms with Gasteiger partial charge in [0.15, 0.2) is 0 Å². The van der Waals surface area contributed by atoms with Crippen LogP contribution in [0, 0.1) is 5.92 Å². The third-order valence-corrected chi connectivity index (χ3v) is 5.39. The van der Waals surface area contributed by atoms with Crippen LogP contribution in [0.4, 0.5) is 5.69 Å². The maximum Gasteiger partial charge on any atom is 0.315 e. The first-order valence-corrected chi connectivity index (χ1v) is 11.5. The van der Waals surface area contributed by atoms with Gasteiger partial charge in [-0.15, -0.1) is 0 Å². The molecule has 1 aromatic carbocycles. The molecule has 0 amide bonds. The van der Waals surface area contributed by atoms with Crippen LogP contribution in [0.1, 0.15) is 84.1 Å². The van der Waals surface area contributed by atoms with Gasteiger partial charge >= 0.3 is 5.97 Å². The second-order valence-electron chi connectivity index (χ2n) is 7.96. The standard InChI is InChI=1S/C25H38N2O2/c1-4-7-8-9-10-14-21-15-11-16-23(19-21)27-18-17-26-24(20-27)29-25(28)22(12-5-2)13-6-3/h11,15-17,19-20,22H,4-10,12-14,18H2,1-3H3. The Morgan fingerprint density at radius 3 is 2.55 bits per heavy atom. The van der Waals surface area contributed by atoms with Gasteiger partial charge in [0, 0.05) is 11.9 Å². The Kier molecular flexibility index (Phi) is 10.5. The molecule has 0 radical (unpaired) electrons. The lowest BCUT2D eigenvalue weighted by atomic mass is 9.99. The van der Waals surface area contributed by atoms with Gasteiger partial charge in [-0.05, 0) is 43.4 Å². The first-order valence-electron chi connectivity index (χ1n) is 11.5. The second-order valence-corrected chi connectivity index (χ2v) is 7.96. The van der Waals surface area contributed by atoms with Crippen molar-refractivity contribution in [1.82, 2.24) is 0 Å². The van der Waals surface area contributed by atoms with Gasteiger partial charge in [-0.2, -0.15) is 0 Å². The molecule has 4 heteroatoms. The quantitative estimate of drug-likeness (QED) is 0.276. The largest absolute Gasteiger partial charge is 0.406 e. The van der Waals surface area contributed by atoms with E-state index in [0.29, 0.717) is 12.4 Å². The fraction of sp³-hybridized carbons (Fsp3) is 0.600. The number of rotatable bonds is 13. The molecule has 2 rings (SSSR count). The summed E-state index contributed by atoms with van der Waals surface area (Å²) in [5.41, 5.74) is 2.48. The molecule has 0 aliphatic carbocycles. The van der Waals surface area contributed by atoms with E-state index in [0.717, 1.165) is 37.8 Å². The van der Waals surface area contributed by atoms with E-state index in [1.165, 1.54) is 37.7 Å². The summed E-state index contributed by atoms with van der Waals surface area (Å²) in [6.07, 6.45) is 15.0. The van der Waals surface area contributed by atoms with E-state index >= 15 is 0 Å². The SMILES string of the molecule is CCCCCCCc1cccc(N2C=C(OC(=O)C(CCC)CCC)N=CC2)c1. The number of hydrogen-bond donors (Lipinski definition) is 0. The number of carbonyl (C=O) groups excluding carboxylic acids is 1. The minimum absolute atomic E-state index is 0.0347. The number of ether oxygens (including phenoxy) is 1.